The molecule has 0 aliphatic carbocycles. The van der Waals surface area contributed by atoms with E-state index in [4.69, 9.17) is 10.4 Å². The highest BCUT2D eigenvalue weighted by molar-refractivity contribution is 7.90. The van der Waals surface area contributed by atoms with Gasteiger partial charge in [-0.1, -0.05) is 13.8 Å². The first-order valence-corrected chi connectivity index (χ1v) is 6.54. The Morgan fingerprint density at radius 2 is 2.00 bits per heavy atom. The number of hydrogen-bond donors (Lipinski definition) is 1. The van der Waals surface area contributed by atoms with Crippen molar-refractivity contribution in [2.24, 2.45) is 0 Å². The quantitative estimate of drug-likeness (QED) is 0.688. The summed E-state index contributed by atoms with van der Waals surface area (Å²) in [6, 6.07) is 1.78. The third-order valence-electron chi connectivity index (χ3n) is 2.06. The van der Waals surface area contributed by atoms with Crippen molar-refractivity contribution in [1.82, 2.24) is 4.31 Å². The maximum Gasteiger partial charge on any atom is 0.230 e. The molecule has 0 amide bonds. The van der Waals surface area contributed by atoms with Gasteiger partial charge in [0.25, 0.3) is 0 Å². The van der Waals surface area contributed by atoms with E-state index in [2.05, 4.69) is 0 Å². The van der Waals surface area contributed by atoms with Crippen LogP contribution in [0.5, 0.6) is 0 Å². The molecule has 1 atom stereocenters. The van der Waals surface area contributed by atoms with E-state index in [0.29, 0.717) is 13.0 Å². The van der Waals surface area contributed by atoms with E-state index in [0.717, 1.165) is 0 Å². The lowest BCUT2D eigenvalue weighted by Gasteiger charge is -2.22. The Hall–Kier alpha value is -0.640. The molecular formula is C9H18N2O3S. The third kappa shape index (κ3) is 3.78. The molecule has 6 heteroatoms. The molecule has 0 bridgehead atoms. The zero-order valence-electron chi connectivity index (χ0n) is 9.18. The minimum atomic E-state index is -3.58. The largest absolute Gasteiger partial charge is 0.395 e. The molecule has 0 rings (SSSR count). The van der Waals surface area contributed by atoms with E-state index in [1.807, 2.05) is 6.92 Å². The Morgan fingerprint density at radius 1 is 1.40 bits per heavy atom. The number of nitrogens with zero attached hydrogens (tertiary/aromatic N) is 2. The van der Waals surface area contributed by atoms with Gasteiger partial charge in [-0.3, -0.25) is 0 Å². The molecule has 0 aliphatic heterocycles. The van der Waals surface area contributed by atoms with Gasteiger partial charge in [-0.2, -0.15) is 9.57 Å². The highest BCUT2D eigenvalue weighted by atomic mass is 32.2. The molecule has 0 heterocycles. The fourth-order valence-corrected chi connectivity index (χ4v) is 2.96. The van der Waals surface area contributed by atoms with Crippen LogP contribution < -0.4 is 0 Å². The van der Waals surface area contributed by atoms with Crippen molar-refractivity contribution in [3.63, 3.8) is 0 Å². The van der Waals surface area contributed by atoms with Crippen LogP contribution in [0.4, 0.5) is 0 Å². The van der Waals surface area contributed by atoms with Crippen molar-refractivity contribution in [2.45, 2.75) is 31.9 Å². The minimum Gasteiger partial charge on any atom is -0.395 e. The molecule has 0 aliphatic rings. The van der Waals surface area contributed by atoms with E-state index in [9.17, 15) is 8.42 Å². The Morgan fingerprint density at radius 3 is 2.33 bits per heavy atom. The Labute approximate surface area is 91.4 Å². The Bertz CT molecular complexity index is 302. The van der Waals surface area contributed by atoms with E-state index < -0.39 is 15.3 Å². The first-order valence-electron chi connectivity index (χ1n) is 5.04. The molecule has 0 aromatic heterocycles. The first-order chi connectivity index (χ1) is 7.04. The molecule has 1 unspecified atom stereocenters. The molecule has 88 valence electrons. The monoisotopic (exact) mass is 234 g/mol. The fourth-order valence-electron chi connectivity index (χ4n) is 1.28. The van der Waals surface area contributed by atoms with Gasteiger partial charge in [-0.25, -0.2) is 8.42 Å². The molecule has 0 saturated carbocycles. The van der Waals surface area contributed by atoms with Gasteiger partial charge in [-0.15, -0.1) is 0 Å². The molecule has 0 spiro atoms. The summed E-state index contributed by atoms with van der Waals surface area (Å²) in [7, 11) is -3.58. The molecule has 0 radical (unpaired) electrons. The van der Waals surface area contributed by atoms with Crippen molar-refractivity contribution in [3.05, 3.63) is 0 Å². The molecule has 15 heavy (non-hydrogen) atoms. The Kier molecular flexibility index (Phi) is 6.48. The lowest BCUT2D eigenvalue weighted by molar-refractivity contribution is 0.253. The van der Waals surface area contributed by atoms with Crippen LogP contribution in [0.2, 0.25) is 0 Å². The second kappa shape index (κ2) is 6.77. The predicted octanol–water partition coefficient (Wildman–Crippen LogP) is 0.323. The topological polar surface area (TPSA) is 81.4 Å². The summed E-state index contributed by atoms with van der Waals surface area (Å²) in [4.78, 5) is 0. The zero-order valence-corrected chi connectivity index (χ0v) is 10.00. The number of nitriles is 1. The predicted molar refractivity (Wildman–Crippen MR) is 57.6 cm³/mol. The van der Waals surface area contributed by atoms with Crippen LogP contribution in [0.3, 0.4) is 0 Å². The van der Waals surface area contributed by atoms with Crippen LogP contribution >= 0.6 is 0 Å². The number of sulfonamides is 1. The summed E-state index contributed by atoms with van der Waals surface area (Å²) in [5.74, 6) is 0. The van der Waals surface area contributed by atoms with Crippen LogP contribution in [0, 0.1) is 11.3 Å². The summed E-state index contributed by atoms with van der Waals surface area (Å²) < 4.78 is 24.9. The Balaban J connectivity index is 4.86. The molecule has 1 N–H and O–H groups in total. The lowest BCUT2D eigenvalue weighted by Crippen LogP contribution is -2.40. The summed E-state index contributed by atoms with van der Waals surface area (Å²) in [5.41, 5.74) is 0. The maximum atomic E-state index is 11.9. The number of aliphatic hydroxyl groups excluding tert-OH is 1. The van der Waals surface area contributed by atoms with Crippen molar-refractivity contribution >= 4 is 10.0 Å². The van der Waals surface area contributed by atoms with E-state index in [1.165, 1.54) is 4.31 Å². The van der Waals surface area contributed by atoms with E-state index in [1.54, 1.807) is 13.0 Å². The molecular weight excluding hydrogens is 216 g/mol. The van der Waals surface area contributed by atoms with Gasteiger partial charge >= 0.3 is 0 Å². The van der Waals surface area contributed by atoms with Crippen molar-refractivity contribution in [3.8, 4) is 6.07 Å². The third-order valence-corrected chi connectivity index (χ3v) is 4.30. The standard InChI is InChI=1S/C9H18N2O3S/c1-3-5-11(6-7-12)15(13,14)9(4-2)8-10/h9,12H,3-7H2,1-2H3. The molecule has 5 nitrogen and oxygen atoms in total. The van der Waals surface area contributed by atoms with Crippen molar-refractivity contribution < 1.29 is 13.5 Å². The van der Waals surface area contributed by atoms with Crippen molar-refractivity contribution in [1.29, 1.82) is 5.26 Å². The molecule has 0 aromatic rings. The minimum absolute atomic E-state index is 0.0638. The second-order valence-electron chi connectivity index (χ2n) is 3.19. The average Bonchev–Trinajstić information content (AvgIpc) is 2.19. The van der Waals surface area contributed by atoms with E-state index >= 15 is 0 Å². The van der Waals surface area contributed by atoms with Crippen LogP contribution in [-0.2, 0) is 10.0 Å². The van der Waals surface area contributed by atoms with E-state index in [-0.39, 0.29) is 19.6 Å². The van der Waals surface area contributed by atoms with Crippen LogP contribution in [0.25, 0.3) is 0 Å². The van der Waals surface area contributed by atoms with Crippen LogP contribution in [0.15, 0.2) is 0 Å². The normalized spacial score (nSPS) is 13.8. The van der Waals surface area contributed by atoms with Gasteiger partial charge in [0.2, 0.25) is 10.0 Å². The highest BCUT2D eigenvalue weighted by Gasteiger charge is 2.29. The van der Waals surface area contributed by atoms with Gasteiger partial charge in [0.15, 0.2) is 5.25 Å². The van der Waals surface area contributed by atoms with Gasteiger partial charge in [0, 0.05) is 13.1 Å². The van der Waals surface area contributed by atoms with Gasteiger partial charge < -0.3 is 5.11 Å². The van der Waals surface area contributed by atoms with Gasteiger partial charge in [0.1, 0.15) is 0 Å². The summed E-state index contributed by atoms with van der Waals surface area (Å²) >= 11 is 0. The SMILES string of the molecule is CCCN(CCO)S(=O)(=O)C(C#N)CC. The number of rotatable bonds is 7. The number of hydrogen-bond acceptors (Lipinski definition) is 4. The molecule has 0 fully saturated rings. The molecule has 0 saturated heterocycles. The van der Waals surface area contributed by atoms with Gasteiger partial charge in [0.05, 0.1) is 12.7 Å². The van der Waals surface area contributed by atoms with Crippen LogP contribution in [-0.4, -0.2) is 42.8 Å². The maximum absolute atomic E-state index is 11.9. The average molecular weight is 234 g/mol. The van der Waals surface area contributed by atoms with Crippen LogP contribution in [0.1, 0.15) is 26.7 Å². The summed E-state index contributed by atoms with van der Waals surface area (Å²) in [6.45, 7) is 3.71. The summed E-state index contributed by atoms with van der Waals surface area (Å²) in [6.07, 6.45) is 0.936. The lowest BCUT2D eigenvalue weighted by atomic mass is 10.4. The second-order valence-corrected chi connectivity index (χ2v) is 5.31. The van der Waals surface area contributed by atoms with Crippen molar-refractivity contribution in [2.75, 3.05) is 19.7 Å². The summed E-state index contributed by atoms with van der Waals surface area (Å²) in [5, 5.41) is 16.5. The van der Waals surface area contributed by atoms with Gasteiger partial charge in [-0.05, 0) is 12.8 Å². The highest BCUT2D eigenvalue weighted by Crippen LogP contribution is 2.12. The smallest absolute Gasteiger partial charge is 0.230 e. The first kappa shape index (κ1) is 14.4. The fraction of sp³-hybridized carbons (Fsp3) is 0.889. The molecule has 0 aromatic carbocycles. The zero-order chi connectivity index (χ0) is 11.9. The number of aliphatic hydroxyl groups is 1.